The average molecular weight is 396 g/mol. The van der Waals surface area contributed by atoms with E-state index in [1.807, 2.05) is 30.3 Å². The minimum Gasteiger partial charge on any atom is -0.453 e. The van der Waals surface area contributed by atoms with Gasteiger partial charge in [0.2, 0.25) is 0 Å². The van der Waals surface area contributed by atoms with Gasteiger partial charge in [0, 0.05) is 11.8 Å². The fraction of sp³-hybridized carbons (Fsp3) is 0.0556. The molecule has 1 aromatic heterocycles. The monoisotopic (exact) mass is 394 g/mol. The smallest absolute Gasteiger partial charge is 0.269 e. The summed E-state index contributed by atoms with van der Waals surface area (Å²) in [5.41, 5.74) is 6.76. The Morgan fingerprint density at radius 1 is 0.960 bits per heavy atom. The van der Waals surface area contributed by atoms with E-state index in [2.05, 4.69) is 0 Å². The van der Waals surface area contributed by atoms with Crippen molar-refractivity contribution in [1.82, 2.24) is 4.57 Å². The fourth-order valence-electron chi connectivity index (χ4n) is 2.32. The quantitative estimate of drug-likeness (QED) is 0.615. The number of anilines is 1. The highest BCUT2D eigenvalue weighted by molar-refractivity contribution is 6.37. The van der Waals surface area contributed by atoms with Gasteiger partial charge >= 0.3 is 0 Å². The number of nitrogens with zero attached hydrogens (tertiary/aromatic N) is 1. The normalized spacial score (nSPS) is 10.7. The molecule has 2 aromatic carbocycles. The summed E-state index contributed by atoms with van der Waals surface area (Å²) in [7, 11) is 0. The molecule has 0 aliphatic heterocycles. The molecule has 7 heteroatoms. The summed E-state index contributed by atoms with van der Waals surface area (Å²) in [6, 6.07) is 14.0. The molecule has 0 radical (unpaired) electrons. The number of aromatic nitrogens is 1. The zero-order chi connectivity index (χ0) is 18.0. The molecule has 0 aliphatic carbocycles. The van der Waals surface area contributed by atoms with Crippen LogP contribution in [0.25, 0.3) is 0 Å². The van der Waals surface area contributed by atoms with Crippen LogP contribution in [0.4, 0.5) is 5.69 Å². The summed E-state index contributed by atoms with van der Waals surface area (Å²) in [5, 5.41) is 0.569. The van der Waals surface area contributed by atoms with Crippen LogP contribution in [0.3, 0.4) is 0 Å². The van der Waals surface area contributed by atoms with Crippen molar-refractivity contribution in [1.29, 1.82) is 0 Å². The fourth-order valence-corrected chi connectivity index (χ4v) is 3.12. The third kappa shape index (κ3) is 4.10. The molecule has 3 rings (SSSR count). The molecule has 0 bridgehead atoms. The lowest BCUT2D eigenvalue weighted by atomic mass is 10.2. The van der Waals surface area contributed by atoms with Crippen LogP contribution in [-0.2, 0) is 6.54 Å². The first-order chi connectivity index (χ1) is 11.9. The Balaban J connectivity index is 1.97. The molecule has 0 amide bonds. The molecular formula is C18H13Cl3N2O2. The van der Waals surface area contributed by atoms with Gasteiger partial charge in [0.25, 0.3) is 5.56 Å². The van der Waals surface area contributed by atoms with Crippen LogP contribution >= 0.6 is 34.8 Å². The lowest BCUT2D eigenvalue weighted by molar-refractivity contribution is 0.475. The molecule has 3 aromatic rings. The maximum atomic E-state index is 12.3. The van der Waals surface area contributed by atoms with E-state index < -0.39 is 0 Å². The first-order valence-electron chi connectivity index (χ1n) is 7.30. The lowest BCUT2D eigenvalue weighted by Crippen LogP contribution is -2.20. The van der Waals surface area contributed by atoms with Crippen LogP contribution in [0.1, 0.15) is 5.56 Å². The molecule has 0 aliphatic rings. The Hall–Kier alpha value is -2.14. The number of ether oxygens (including phenoxy) is 1. The van der Waals surface area contributed by atoms with Crippen molar-refractivity contribution in [3.63, 3.8) is 0 Å². The molecule has 0 spiro atoms. The second kappa shape index (κ2) is 7.40. The molecule has 0 atom stereocenters. The Morgan fingerprint density at radius 2 is 1.60 bits per heavy atom. The van der Waals surface area contributed by atoms with E-state index in [0.29, 0.717) is 18.0 Å². The van der Waals surface area contributed by atoms with Crippen molar-refractivity contribution in [2.75, 3.05) is 5.73 Å². The van der Waals surface area contributed by atoms with Crippen LogP contribution in [0.15, 0.2) is 59.5 Å². The van der Waals surface area contributed by atoms with Gasteiger partial charge in [-0.2, -0.15) is 0 Å². The Morgan fingerprint density at radius 3 is 2.24 bits per heavy atom. The predicted octanol–water partition coefficient (Wildman–Crippen LogP) is 5.23. The van der Waals surface area contributed by atoms with E-state index in [4.69, 9.17) is 45.3 Å². The number of benzene rings is 2. The largest absolute Gasteiger partial charge is 0.453 e. The third-order valence-electron chi connectivity index (χ3n) is 3.45. The predicted molar refractivity (Wildman–Crippen MR) is 102 cm³/mol. The molecule has 0 fully saturated rings. The molecule has 0 unspecified atom stereocenters. The van der Waals surface area contributed by atoms with Crippen LogP contribution in [-0.4, -0.2) is 4.57 Å². The van der Waals surface area contributed by atoms with Crippen LogP contribution in [0.2, 0.25) is 15.1 Å². The van der Waals surface area contributed by atoms with Gasteiger partial charge < -0.3 is 15.0 Å². The number of rotatable bonds is 4. The standard InChI is InChI=1S/C18H13Cl3N2O2/c19-14-6-12(22)7-15(20)17(14)25-13-8-16(21)18(24)23(10-13)9-11-4-2-1-3-5-11/h1-8,10H,9,22H2. The van der Waals surface area contributed by atoms with E-state index in [9.17, 15) is 4.79 Å². The van der Waals surface area contributed by atoms with Gasteiger partial charge in [-0.05, 0) is 17.7 Å². The lowest BCUT2D eigenvalue weighted by Gasteiger charge is -2.13. The topological polar surface area (TPSA) is 57.2 Å². The Bertz CT molecular complexity index is 949. The summed E-state index contributed by atoms with van der Waals surface area (Å²) in [6.07, 6.45) is 1.56. The molecule has 25 heavy (non-hydrogen) atoms. The van der Waals surface area contributed by atoms with Crippen LogP contribution < -0.4 is 16.0 Å². The van der Waals surface area contributed by atoms with E-state index in [1.165, 1.54) is 22.8 Å². The van der Waals surface area contributed by atoms with Gasteiger partial charge in [-0.15, -0.1) is 0 Å². The van der Waals surface area contributed by atoms with Gasteiger partial charge in [0.15, 0.2) is 5.75 Å². The minimum absolute atomic E-state index is 0.0381. The maximum absolute atomic E-state index is 12.3. The van der Waals surface area contributed by atoms with Crippen LogP contribution in [0, 0.1) is 0 Å². The van der Waals surface area contributed by atoms with Gasteiger partial charge in [-0.1, -0.05) is 65.1 Å². The van der Waals surface area contributed by atoms with Crippen molar-refractivity contribution >= 4 is 40.5 Å². The second-order valence-corrected chi connectivity index (χ2v) is 6.58. The van der Waals surface area contributed by atoms with E-state index in [1.54, 1.807) is 6.20 Å². The van der Waals surface area contributed by atoms with Crippen molar-refractivity contribution in [2.24, 2.45) is 0 Å². The number of nitrogens with two attached hydrogens (primary N) is 1. The summed E-state index contributed by atoms with van der Waals surface area (Å²) in [4.78, 5) is 12.3. The van der Waals surface area contributed by atoms with Crippen molar-refractivity contribution < 1.29 is 4.74 Å². The Kier molecular flexibility index (Phi) is 5.23. The highest BCUT2D eigenvalue weighted by Gasteiger charge is 2.13. The zero-order valence-electron chi connectivity index (χ0n) is 12.9. The van der Waals surface area contributed by atoms with Gasteiger partial charge in [0.1, 0.15) is 10.8 Å². The molecule has 2 N–H and O–H groups in total. The number of pyridine rings is 1. The third-order valence-corrected chi connectivity index (χ3v) is 4.29. The zero-order valence-corrected chi connectivity index (χ0v) is 15.1. The minimum atomic E-state index is -0.313. The number of hydrogen-bond acceptors (Lipinski definition) is 3. The first-order valence-corrected chi connectivity index (χ1v) is 8.43. The summed E-state index contributed by atoms with van der Waals surface area (Å²) < 4.78 is 7.21. The average Bonchev–Trinajstić information content (AvgIpc) is 2.56. The molecule has 0 saturated heterocycles. The second-order valence-electron chi connectivity index (χ2n) is 5.36. The van der Waals surface area contributed by atoms with E-state index in [0.717, 1.165) is 5.56 Å². The first kappa shape index (κ1) is 17.7. The highest BCUT2D eigenvalue weighted by atomic mass is 35.5. The van der Waals surface area contributed by atoms with E-state index >= 15 is 0 Å². The van der Waals surface area contributed by atoms with Crippen molar-refractivity contribution in [3.8, 4) is 11.5 Å². The van der Waals surface area contributed by atoms with Gasteiger partial charge in [0.05, 0.1) is 22.8 Å². The van der Waals surface area contributed by atoms with Gasteiger partial charge in [-0.3, -0.25) is 4.79 Å². The molecule has 0 saturated carbocycles. The summed E-state index contributed by atoms with van der Waals surface area (Å²) >= 11 is 18.3. The number of halogens is 3. The SMILES string of the molecule is Nc1cc(Cl)c(Oc2cc(Cl)c(=O)n(Cc3ccccc3)c2)c(Cl)c1. The molecule has 4 nitrogen and oxygen atoms in total. The molecule has 1 heterocycles. The number of hydrogen-bond donors (Lipinski definition) is 1. The van der Waals surface area contributed by atoms with Crippen molar-refractivity contribution in [3.05, 3.63) is 85.7 Å². The van der Waals surface area contributed by atoms with Crippen LogP contribution in [0.5, 0.6) is 11.5 Å². The van der Waals surface area contributed by atoms with Gasteiger partial charge in [-0.25, -0.2) is 0 Å². The molecule has 128 valence electrons. The summed E-state index contributed by atoms with van der Waals surface area (Å²) in [5.74, 6) is 0.590. The Labute approximate surface area is 159 Å². The summed E-state index contributed by atoms with van der Waals surface area (Å²) in [6.45, 7) is 0.361. The molecular weight excluding hydrogens is 383 g/mol. The number of nitrogen functional groups attached to an aromatic ring is 1. The van der Waals surface area contributed by atoms with E-state index in [-0.39, 0.29) is 26.4 Å². The highest BCUT2D eigenvalue weighted by Crippen LogP contribution is 2.38. The maximum Gasteiger partial charge on any atom is 0.269 e. The van der Waals surface area contributed by atoms with Crippen molar-refractivity contribution in [2.45, 2.75) is 6.54 Å².